The van der Waals surface area contributed by atoms with Gasteiger partial charge in [0.1, 0.15) is 0 Å². The van der Waals surface area contributed by atoms with Gasteiger partial charge in [-0.15, -0.1) is 0 Å². The number of anilines is 2. The van der Waals surface area contributed by atoms with Crippen LogP contribution in [0.4, 0.5) is 24.5 Å². The first kappa shape index (κ1) is 11.1. The second-order valence-corrected chi connectivity index (χ2v) is 3.95. The molecule has 1 aromatic carbocycles. The summed E-state index contributed by atoms with van der Waals surface area (Å²) in [5.74, 6) is 0. The first-order valence-corrected chi connectivity index (χ1v) is 5.16. The highest BCUT2D eigenvalue weighted by Crippen LogP contribution is 2.33. The summed E-state index contributed by atoms with van der Waals surface area (Å²) >= 11 is 0. The molecular weight excluding hydrogens is 217 g/mol. The Balaban J connectivity index is 2.09. The molecule has 0 saturated carbocycles. The van der Waals surface area contributed by atoms with Crippen molar-refractivity contribution in [1.82, 2.24) is 0 Å². The molecule has 0 bridgehead atoms. The van der Waals surface area contributed by atoms with Gasteiger partial charge in [-0.1, -0.05) is 6.07 Å². The minimum atomic E-state index is -4.09. The average molecular weight is 230 g/mol. The van der Waals surface area contributed by atoms with E-state index in [9.17, 15) is 13.2 Å². The normalized spacial score (nSPS) is 15.3. The van der Waals surface area contributed by atoms with Crippen LogP contribution in [0.1, 0.15) is 12.0 Å². The van der Waals surface area contributed by atoms with Crippen LogP contribution in [0.15, 0.2) is 18.2 Å². The Bertz CT molecular complexity index is 387. The lowest BCUT2D eigenvalue weighted by Gasteiger charge is -2.20. The molecule has 2 nitrogen and oxygen atoms in total. The highest BCUT2D eigenvalue weighted by Gasteiger charge is 2.29. The van der Waals surface area contributed by atoms with Gasteiger partial charge in [-0.3, -0.25) is 0 Å². The van der Waals surface area contributed by atoms with Gasteiger partial charge in [0.2, 0.25) is 0 Å². The zero-order valence-corrected chi connectivity index (χ0v) is 8.72. The lowest BCUT2D eigenvalue weighted by atomic mass is 10.1. The van der Waals surface area contributed by atoms with Crippen molar-refractivity contribution in [2.24, 2.45) is 0 Å². The summed E-state index contributed by atoms with van der Waals surface area (Å²) in [6.07, 6.45) is -4.13. The number of halogens is 3. The summed E-state index contributed by atoms with van der Waals surface area (Å²) in [4.78, 5) is 1.75. The largest absolute Gasteiger partial charge is 0.398 e. The maximum atomic E-state index is 12.1. The molecule has 88 valence electrons. The van der Waals surface area contributed by atoms with Crippen LogP contribution >= 0.6 is 0 Å². The van der Waals surface area contributed by atoms with Crippen LogP contribution in [0.25, 0.3) is 0 Å². The van der Waals surface area contributed by atoms with Crippen molar-refractivity contribution in [1.29, 1.82) is 0 Å². The lowest BCUT2D eigenvalue weighted by Crippen LogP contribution is -2.26. The minimum Gasteiger partial charge on any atom is -0.398 e. The molecule has 0 amide bonds. The van der Waals surface area contributed by atoms with Gasteiger partial charge in [-0.25, -0.2) is 0 Å². The third-order valence-corrected chi connectivity index (χ3v) is 2.83. The molecule has 0 atom stereocenters. The van der Waals surface area contributed by atoms with E-state index in [1.54, 1.807) is 17.0 Å². The number of hydrogen-bond acceptors (Lipinski definition) is 2. The summed E-state index contributed by atoms with van der Waals surface area (Å²) in [6.45, 7) is 0.638. The Morgan fingerprint density at radius 2 is 2.06 bits per heavy atom. The molecule has 1 aliphatic heterocycles. The minimum absolute atomic E-state index is 0.0138. The fourth-order valence-corrected chi connectivity index (χ4v) is 2.02. The molecular formula is C11H13F3N2. The van der Waals surface area contributed by atoms with Crippen molar-refractivity contribution in [3.8, 4) is 0 Å². The summed E-state index contributed by atoms with van der Waals surface area (Å²) < 4.78 is 36.3. The van der Waals surface area contributed by atoms with Gasteiger partial charge in [0.25, 0.3) is 0 Å². The predicted molar refractivity (Wildman–Crippen MR) is 57.4 cm³/mol. The van der Waals surface area contributed by atoms with Crippen LogP contribution < -0.4 is 10.6 Å². The van der Waals surface area contributed by atoms with Crippen LogP contribution in [-0.4, -0.2) is 19.3 Å². The second-order valence-electron chi connectivity index (χ2n) is 3.95. The predicted octanol–water partition coefficient (Wildman–Crippen LogP) is 2.58. The van der Waals surface area contributed by atoms with Crippen molar-refractivity contribution < 1.29 is 13.2 Å². The second kappa shape index (κ2) is 3.88. The van der Waals surface area contributed by atoms with E-state index in [0.29, 0.717) is 12.2 Å². The van der Waals surface area contributed by atoms with E-state index in [4.69, 9.17) is 5.73 Å². The zero-order chi connectivity index (χ0) is 11.8. The Kier molecular flexibility index (Phi) is 2.69. The molecule has 0 aliphatic carbocycles. The smallest absolute Gasteiger partial charge is 0.390 e. The number of nitrogens with two attached hydrogens (primary N) is 1. The number of rotatable bonds is 2. The standard InChI is InChI=1S/C11H13F3N2/c12-11(13,14)5-7-16-6-4-8-9(15)2-1-3-10(8)16/h1-3H,4-7,15H2. The van der Waals surface area contributed by atoms with Crippen LogP contribution in [0, 0.1) is 0 Å². The fourth-order valence-electron chi connectivity index (χ4n) is 2.02. The Labute approximate surface area is 91.8 Å². The summed E-state index contributed by atoms with van der Waals surface area (Å²) in [6, 6.07) is 5.39. The summed E-state index contributed by atoms with van der Waals surface area (Å²) in [5.41, 5.74) is 8.27. The van der Waals surface area contributed by atoms with Crippen molar-refractivity contribution >= 4 is 11.4 Å². The quantitative estimate of drug-likeness (QED) is 0.791. The van der Waals surface area contributed by atoms with Crippen LogP contribution in [-0.2, 0) is 6.42 Å². The number of nitrogens with zero attached hydrogens (tertiary/aromatic N) is 1. The molecule has 5 heteroatoms. The first-order valence-electron chi connectivity index (χ1n) is 5.16. The van der Waals surface area contributed by atoms with E-state index >= 15 is 0 Å². The molecule has 16 heavy (non-hydrogen) atoms. The van der Waals surface area contributed by atoms with Crippen LogP contribution in [0.5, 0.6) is 0 Å². The maximum absolute atomic E-state index is 12.1. The number of hydrogen-bond donors (Lipinski definition) is 1. The number of fused-ring (bicyclic) bond motifs is 1. The van der Waals surface area contributed by atoms with Crippen molar-refractivity contribution in [3.05, 3.63) is 23.8 Å². The molecule has 0 unspecified atom stereocenters. The van der Waals surface area contributed by atoms with Gasteiger partial charge in [0.15, 0.2) is 0 Å². The van der Waals surface area contributed by atoms with Gasteiger partial charge in [0.05, 0.1) is 6.42 Å². The summed E-state index contributed by atoms with van der Waals surface area (Å²) in [7, 11) is 0. The number of benzene rings is 1. The monoisotopic (exact) mass is 230 g/mol. The highest BCUT2D eigenvalue weighted by atomic mass is 19.4. The highest BCUT2D eigenvalue weighted by molar-refractivity contribution is 5.68. The molecule has 1 heterocycles. The van der Waals surface area contributed by atoms with Gasteiger partial charge in [-0.05, 0) is 18.6 Å². The molecule has 0 fully saturated rings. The molecule has 2 N–H and O–H groups in total. The van der Waals surface area contributed by atoms with Crippen LogP contribution in [0.3, 0.4) is 0 Å². The zero-order valence-electron chi connectivity index (χ0n) is 8.72. The summed E-state index contributed by atoms with van der Waals surface area (Å²) in [5, 5.41) is 0. The third kappa shape index (κ3) is 2.23. The maximum Gasteiger partial charge on any atom is 0.390 e. The molecule has 0 spiro atoms. The SMILES string of the molecule is Nc1cccc2c1CCN2CCC(F)(F)F. The van der Waals surface area contributed by atoms with E-state index in [1.807, 2.05) is 6.07 Å². The number of alkyl halides is 3. The van der Waals surface area contributed by atoms with Crippen molar-refractivity contribution in [2.75, 3.05) is 23.7 Å². The Morgan fingerprint density at radius 1 is 1.31 bits per heavy atom. The van der Waals surface area contributed by atoms with E-state index < -0.39 is 12.6 Å². The Hall–Kier alpha value is -1.39. The Morgan fingerprint density at radius 3 is 2.75 bits per heavy atom. The van der Waals surface area contributed by atoms with E-state index in [0.717, 1.165) is 17.7 Å². The first-order chi connectivity index (χ1) is 7.47. The van der Waals surface area contributed by atoms with Gasteiger partial charge >= 0.3 is 6.18 Å². The average Bonchev–Trinajstić information content (AvgIpc) is 2.58. The molecule has 1 aromatic rings. The fraction of sp³-hybridized carbons (Fsp3) is 0.455. The number of nitrogen functional groups attached to an aromatic ring is 1. The van der Waals surface area contributed by atoms with E-state index in [2.05, 4.69) is 0 Å². The van der Waals surface area contributed by atoms with Gasteiger partial charge in [0, 0.05) is 30.0 Å². The molecule has 0 saturated heterocycles. The van der Waals surface area contributed by atoms with E-state index in [1.165, 1.54) is 0 Å². The molecule has 2 rings (SSSR count). The molecule has 0 aromatic heterocycles. The van der Waals surface area contributed by atoms with Crippen LogP contribution in [0.2, 0.25) is 0 Å². The van der Waals surface area contributed by atoms with Gasteiger partial charge < -0.3 is 10.6 Å². The van der Waals surface area contributed by atoms with E-state index in [-0.39, 0.29) is 6.54 Å². The van der Waals surface area contributed by atoms with Crippen molar-refractivity contribution in [3.63, 3.8) is 0 Å². The molecule has 0 radical (unpaired) electrons. The van der Waals surface area contributed by atoms with Crippen molar-refractivity contribution in [2.45, 2.75) is 19.0 Å². The molecule has 1 aliphatic rings. The topological polar surface area (TPSA) is 29.3 Å². The van der Waals surface area contributed by atoms with Gasteiger partial charge in [-0.2, -0.15) is 13.2 Å². The lowest BCUT2D eigenvalue weighted by molar-refractivity contribution is -0.132. The third-order valence-electron chi connectivity index (χ3n) is 2.83.